The van der Waals surface area contributed by atoms with Gasteiger partial charge in [-0.1, -0.05) is 41.5 Å². The molecule has 0 saturated carbocycles. The number of aromatic nitrogens is 2. The maximum Gasteiger partial charge on any atom is 0.330 e. The summed E-state index contributed by atoms with van der Waals surface area (Å²) in [6.45, 7) is 21.9. The van der Waals surface area contributed by atoms with Gasteiger partial charge in [0.15, 0.2) is 28.5 Å². The second-order valence-corrected chi connectivity index (χ2v) is 25.5. The number of ether oxygens (including phenoxy) is 2. The van der Waals surface area contributed by atoms with E-state index >= 15 is 0 Å². The third-order valence-electron chi connectivity index (χ3n) is 9.32. The molecule has 0 aliphatic carbocycles. The van der Waals surface area contributed by atoms with E-state index in [-0.39, 0.29) is 40.9 Å². The van der Waals surface area contributed by atoms with E-state index < -0.39 is 68.0 Å². The van der Waals surface area contributed by atoms with Gasteiger partial charge in [-0.3, -0.25) is 19.1 Å². The summed E-state index contributed by atoms with van der Waals surface area (Å²) in [6.07, 6.45) is -2.15. The minimum absolute atomic E-state index is 0.0319. The van der Waals surface area contributed by atoms with Crippen LogP contribution >= 0.6 is 0 Å². The Morgan fingerprint density at radius 1 is 1.09 bits per heavy atom. The van der Waals surface area contributed by atoms with Gasteiger partial charge in [0, 0.05) is 18.3 Å². The lowest BCUT2D eigenvalue weighted by molar-refractivity contribution is -0.140. The normalized spacial score (nSPS) is 25.7. The van der Waals surface area contributed by atoms with Gasteiger partial charge in [0.25, 0.3) is 15.7 Å². The van der Waals surface area contributed by atoms with Crippen LogP contribution in [0.2, 0.25) is 36.3 Å². The molecular formula is C28H49N3O10SSi2. The summed E-state index contributed by atoms with van der Waals surface area (Å²) < 4.78 is 58.7. The van der Waals surface area contributed by atoms with Crippen LogP contribution in [0, 0.1) is 6.92 Å². The van der Waals surface area contributed by atoms with Crippen LogP contribution in [0.1, 0.15) is 59.8 Å². The lowest BCUT2D eigenvalue weighted by atomic mass is 9.89. The number of nitrogens with one attached hydrogen (secondary N) is 2. The van der Waals surface area contributed by atoms with E-state index in [1.165, 1.54) is 17.9 Å². The van der Waals surface area contributed by atoms with E-state index in [9.17, 15) is 22.8 Å². The molecule has 44 heavy (non-hydrogen) atoms. The highest BCUT2D eigenvalue weighted by Crippen LogP contribution is 2.52. The smallest absolute Gasteiger partial charge is 0.330 e. The van der Waals surface area contributed by atoms with Gasteiger partial charge in [-0.2, -0.15) is 8.42 Å². The Hall–Kier alpha value is -2.09. The number of methoxy groups -OCH3 is 1. The quantitative estimate of drug-likeness (QED) is 0.213. The third kappa shape index (κ3) is 7.15. The van der Waals surface area contributed by atoms with E-state index in [0.717, 1.165) is 5.41 Å². The zero-order valence-corrected chi connectivity index (χ0v) is 30.8. The molecule has 1 aromatic heterocycles. The van der Waals surface area contributed by atoms with Crippen molar-refractivity contribution in [3.63, 3.8) is 0 Å². The van der Waals surface area contributed by atoms with E-state index in [1.807, 2.05) is 33.9 Å². The average Bonchev–Trinajstić information content (AvgIpc) is 3.30. The topological polar surface area (TPSA) is 164 Å². The van der Waals surface area contributed by atoms with Gasteiger partial charge in [-0.15, -0.1) is 0 Å². The molecular weight excluding hydrogens is 627 g/mol. The Morgan fingerprint density at radius 2 is 1.68 bits per heavy atom. The van der Waals surface area contributed by atoms with Crippen LogP contribution in [0.4, 0.5) is 0 Å². The molecule has 2 aliphatic rings. The van der Waals surface area contributed by atoms with Gasteiger partial charge in [-0.05, 0) is 43.2 Å². The van der Waals surface area contributed by atoms with Gasteiger partial charge >= 0.3 is 11.7 Å². The molecule has 1 aromatic rings. The summed E-state index contributed by atoms with van der Waals surface area (Å²) in [5.74, 6) is -0.489. The SMILES string of the molecule is COC(=O)CCNC1=CS(=O)(=O)O[C@@]12[C@@H](CO[Si](C)(C)C(C)(C)C)O[C@@H](n1cc(C)c(=O)[nH]c1=O)[C@@H]2O[Si](C)(C)C(C)(C)C. The molecule has 0 unspecified atom stereocenters. The first-order valence-electron chi connectivity index (χ1n) is 14.7. The second-order valence-electron chi connectivity index (χ2n) is 14.5. The molecule has 4 atom stereocenters. The Balaban J connectivity index is 2.28. The summed E-state index contributed by atoms with van der Waals surface area (Å²) >= 11 is 0. The zero-order chi connectivity index (χ0) is 33.7. The van der Waals surface area contributed by atoms with E-state index in [4.69, 9.17) is 22.5 Å². The molecule has 250 valence electrons. The number of esters is 1. The summed E-state index contributed by atoms with van der Waals surface area (Å²) in [6, 6.07) is 0. The van der Waals surface area contributed by atoms with Crippen molar-refractivity contribution >= 4 is 32.7 Å². The number of nitrogens with zero attached hydrogens (tertiary/aromatic N) is 1. The summed E-state index contributed by atoms with van der Waals surface area (Å²) in [5.41, 5.74) is -2.75. The molecule has 0 bridgehead atoms. The van der Waals surface area contributed by atoms with Gasteiger partial charge in [0.2, 0.25) is 0 Å². The average molecular weight is 676 g/mol. The van der Waals surface area contributed by atoms with Crippen molar-refractivity contribution in [3.8, 4) is 0 Å². The second kappa shape index (κ2) is 12.3. The molecule has 0 radical (unpaired) electrons. The van der Waals surface area contributed by atoms with E-state index in [2.05, 4.69) is 44.2 Å². The predicted molar refractivity (Wildman–Crippen MR) is 171 cm³/mol. The number of H-pyrrole nitrogens is 1. The number of aromatic amines is 1. The Morgan fingerprint density at radius 3 is 2.23 bits per heavy atom. The van der Waals surface area contributed by atoms with Crippen molar-refractivity contribution in [2.45, 2.75) is 115 Å². The van der Waals surface area contributed by atoms with Crippen LogP contribution in [-0.4, -0.2) is 78.6 Å². The van der Waals surface area contributed by atoms with Crippen LogP contribution in [0.15, 0.2) is 26.9 Å². The standard InChI is InChI=1S/C28H49N3O10SSi2/c1-18-15-31(25(34)30-23(18)33)24-22(40-44(11,12)27(5,6)7)28(20(39-24)16-38-43(9,10)26(2,3)4)19(17-42(35,36)41-28)29-14-13-21(32)37-8/h15,17,20,22,24,29H,13-14,16H2,1-12H3,(H,30,33,34)/t20-,22+,24-,28-/m1/s1. The van der Waals surface area contributed by atoms with Gasteiger partial charge in [0.05, 0.1) is 31.2 Å². The molecule has 16 heteroatoms. The van der Waals surface area contributed by atoms with Crippen molar-refractivity contribution in [1.82, 2.24) is 14.9 Å². The maximum absolute atomic E-state index is 13.3. The summed E-state index contributed by atoms with van der Waals surface area (Å²) in [4.78, 5) is 39.8. The Labute approximate surface area is 262 Å². The fourth-order valence-electron chi connectivity index (χ4n) is 4.53. The monoisotopic (exact) mass is 675 g/mol. The number of rotatable bonds is 10. The molecule has 13 nitrogen and oxygen atoms in total. The van der Waals surface area contributed by atoms with Crippen LogP contribution in [-0.2, 0) is 37.4 Å². The van der Waals surface area contributed by atoms with Gasteiger partial charge in [-0.25, -0.2) is 8.98 Å². The molecule has 2 aliphatic heterocycles. The highest BCUT2D eigenvalue weighted by Gasteiger charge is 2.68. The van der Waals surface area contributed by atoms with Crippen LogP contribution in [0.3, 0.4) is 0 Å². The fraction of sp³-hybridized carbons (Fsp3) is 0.750. The first-order chi connectivity index (χ1) is 19.9. The van der Waals surface area contributed by atoms with Crippen molar-refractivity contribution in [2.75, 3.05) is 20.3 Å². The molecule has 2 N–H and O–H groups in total. The Kier molecular flexibility index (Phi) is 10.1. The molecule has 1 fully saturated rings. The first-order valence-corrected chi connectivity index (χ1v) is 21.9. The first kappa shape index (κ1) is 36.4. The number of carbonyl (C=O) groups excluding carboxylic acids is 1. The third-order valence-corrected chi connectivity index (χ3v) is 19.3. The fourth-order valence-corrected chi connectivity index (χ4v) is 8.09. The molecule has 0 aromatic carbocycles. The van der Waals surface area contributed by atoms with E-state index in [1.54, 1.807) is 6.92 Å². The molecule has 0 amide bonds. The number of hydrogen-bond donors (Lipinski definition) is 2. The summed E-state index contributed by atoms with van der Waals surface area (Å²) in [5, 5.41) is 3.54. The lowest BCUT2D eigenvalue weighted by Crippen LogP contribution is -2.59. The maximum atomic E-state index is 13.3. The highest BCUT2D eigenvalue weighted by atomic mass is 32.2. The van der Waals surface area contributed by atoms with Crippen molar-refractivity contribution in [1.29, 1.82) is 0 Å². The minimum Gasteiger partial charge on any atom is -0.469 e. The molecule has 1 saturated heterocycles. The summed E-state index contributed by atoms with van der Waals surface area (Å²) in [7, 11) is -8.16. The van der Waals surface area contributed by atoms with Crippen molar-refractivity contribution < 1.29 is 35.7 Å². The van der Waals surface area contributed by atoms with Crippen molar-refractivity contribution in [2.24, 2.45) is 0 Å². The number of hydrogen-bond acceptors (Lipinski definition) is 11. The highest BCUT2D eigenvalue weighted by molar-refractivity contribution is 7.90. The van der Waals surface area contributed by atoms with Crippen molar-refractivity contribution in [3.05, 3.63) is 43.7 Å². The van der Waals surface area contributed by atoms with Crippen LogP contribution in [0.25, 0.3) is 0 Å². The van der Waals surface area contributed by atoms with Gasteiger partial charge < -0.3 is 23.6 Å². The molecule has 3 rings (SSSR count). The minimum atomic E-state index is -4.29. The lowest BCUT2D eigenvalue weighted by Gasteiger charge is -2.44. The number of carbonyl (C=O) groups is 1. The van der Waals surface area contributed by atoms with Gasteiger partial charge in [0.1, 0.15) is 12.2 Å². The molecule has 3 heterocycles. The number of aryl methyl sites for hydroxylation is 1. The Bertz CT molecular complexity index is 1500. The zero-order valence-electron chi connectivity index (χ0n) is 27.9. The predicted octanol–water partition coefficient (Wildman–Crippen LogP) is 3.25. The molecule has 1 spiro atoms. The largest absolute Gasteiger partial charge is 0.469 e. The van der Waals surface area contributed by atoms with Crippen LogP contribution in [0.5, 0.6) is 0 Å². The van der Waals surface area contributed by atoms with Crippen LogP contribution < -0.4 is 16.6 Å². The van der Waals surface area contributed by atoms with E-state index in [0.29, 0.717) is 0 Å².